The van der Waals surface area contributed by atoms with Gasteiger partial charge in [-0.3, -0.25) is 4.79 Å². The summed E-state index contributed by atoms with van der Waals surface area (Å²) in [5, 5.41) is 3.29. The molecule has 0 unspecified atom stereocenters. The van der Waals surface area contributed by atoms with Gasteiger partial charge in [-0.15, -0.1) is 0 Å². The van der Waals surface area contributed by atoms with Crippen LogP contribution in [0.15, 0.2) is 48.5 Å². The van der Waals surface area contributed by atoms with Gasteiger partial charge in [0.1, 0.15) is 5.75 Å². The summed E-state index contributed by atoms with van der Waals surface area (Å²) in [6.45, 7) is 2.65. The van der Waals surface area contributed by atoms with Crippen LogP contribution in [0.5, 0.6) is 5.75 Å². The second kappa shape index (κ2) is 9.19. The highest BCUT2D eigenvalue weighted by molar-refractivity contribution is 5.86. The summed E-state index contributed by atoms with van der Waals surface area (Å²) in [4.78, 5) is 15.6. The number of rotatable bonds is 6. The van der Waals surface area contributed by atoms with Crippen molar-refractivity contribution in [3.63, 3.8) is 0 Å². The van der Waals surface area contributed by atoms with Crippen LogP contribution in [0.25, 0.3) is 11.1 Å². The first-order valence-electron chi connectivity index (χ1n) is 11.0. The maximum atomic E-state index is 13.3. The molecule has 0 aliphatic carbocycles. The van der Waals surface area contributed by atoms with Crippen LogP contribution in [0.3, 0.4) is 0 Å². The molecule has 4 rings (SSSR count). The summed E-state index contributed by atoms with van der Waals surface area (Å²) in [7, 11) is 3.81. The van der Waals surface area contributed by atoms with Crippen molar-refractivity contribution in [2.45, 2.75) is 43.7 Å². The number of amides is 1. The maximum Gasteiger partial charge on any atom is 0.252 e. The maximum absolute atomic E-state index is 13.3. The van der Waals surface area contributed by atoms with E-state index in [2.05, 4.69) is 41.5 Å². The number of para-hydroxylation sites is 1. The first kappa shape index (κ1) is 20.9. The van der Waals surface area contributed by atoms with Crippen LogP contribution in [0.4, 0.5) is 0 Å². The third-order valence-corrected chi connectivity index (χ3v) is 6.31. The van der Waals surface area contributed by atoms with Gasteiger partial charge in [-0.05, 0) is 56.5 Å². The van der Waals surface area contributed by atoms with Crippen molar-refractivity contribution in [3.8, 4) is 16.9 Å². The summed E-state index contributed by atoms with van der Waals surface area (Å²) in [6, 6.07) is 16.6. The molecule has 2 aromatic carbocycles. The number of methoxy groups -OCH3 is 1. The summed E-state index contributed by atoms with van der Waals surface area (Å²) >= 11 is 0. The molecule has 2 saturated heterocycles. The van der Waals surface area contributed by atoms with E-state index in [4.69, 9.17) is 9.47 Å². The normalized spacial score (nSPS) is 24.5. The Labute approximate surface area is 179 Å². The SMILES string of the molecule is COc1ccccc1-c1cccc(C[C@@]2(C(=O)N[C@@H]3CCCN(C)C3)CCCO2)c1. The van der Waals surface area contributed by atoms with E-state index in [1.807, 2.05) is 24.3 Å². The average Bonchev–Trinajstić information content (AvgIpc) is 3.24. The molecule has 2 fully saturated rings. The van der Waals surface area contributed by atoms with Crippen molar-refractivity contribution in [1.29, 1.82) is 0 Å². The molecule has 2 atom stereocenters. The van der Waals surface area contributed by atoms with Crippen LogP contribution in [0.1, 0.15) is 31.2 Å². The molecule has 0 bridgehead atoms. The van der Waals surface area contributed by atoms with Crippen molar-refractivity contribution in [2.24, 2.45) is 0 Å². The molecular formula is C25H32N2O3. The Balaban J connectivity index is 1.54. The third kappa shape index (κ3) is 4.52. The minimum Gasteiger partial charge on any atom is -0.496 e. The number of hydrogen-bond donors (Lipinski definition) is 1. The molecule has 0 radical (unpaired) electrons. The molecule has 1 N–H and O–H groups in total. The average molecular weight is 409 g/mol. The molecule has 5 nitrogen and oxygen atoms in total. The van der Waals surface area contributed by atoms with Gasteiger partial charge in [0.2, 0.25) is 0 Å². The van der Waals surface area contributed by atoms with E-state index in [0.717, 1.165) is 61.2 Å². The number of nitrogens with one attached hydrogen (secondary N) is 1. The molecular weight excluding hydrogens is 376 g/mol. The van der Waals surface area contributed by atoms with Crippen molar-refractivity contribution < 1.29 is 14.3 Å². The molecule has 0 saturated carbocycles. The number of ether oxygens (including phenoxy) is 2. The minimum atomic E-state index is -0.768. The smallest absolute Gasteiger partial charge is 0.252 e. The predicted molar refractivity (Wildman–Crippen MR) is 119 cm³/mol. The van der Waals surface area contributed by atoms with E-state index in [1.54, 1.807) is 7.11 Å². The zero-order valence-electron chi connectivity index (χ0n) is 18.0. The van der Waals surface area contributed by atoms with E-state index in [9.17, 15) is 4.79 Å². The Morgan fingerprint density at radius 1 is 1.23 bits per heavy atom. The zero-order valence-corrected chi connectivity index (χ0v) is 18.0. The highest BCUT2D eigenvalue weighted by Gasteiger charge is 2.43. The lowest BCUT2D eigenvalue weighted by molar-refractivity contribution is -0.142. The van der Waals surface area contributed by atoms with Gasteiger partial charge in [0, 0.05) is 31.2 Å². The fourth-order valence-corrected chi connectivity index (χ4v) is 4.76. The van der Waals surface area contributed by atoms with Gasteiger partial charge in [-0.2, -0.15) is 0 Å². The molecule has 0 spiro atoms. The lowest BCUT2D eigenvalue weighted by atomic mass is 9.88. The van der Waals surface area contributed by atoms with E-state index < -0.39 is 5.60 Å². The van der Waals surface area contributed by atoms with Crippen LogP contribution in [-0.2, 0) is 16.0 Å². The number of hydrogen-bond acceptors (Lipinski definition) is 4. The number of carbonyl (C=O) groups is 1. The van der Waals surface area contributed by atoms with Crippen LogP contribution in [0.2, 0.25) is 0 Å². The first-order valence-corrected chi connectivity index (χ1v) is 11.0. The van der Waals surface area contributed by atoms with Gasteiger partial charge in [-0.1, -0.05) is 42.5 Å². The molecule has 30 heavy (non-hydrogen) atoms. The van der Waals surface area contributed by atoms with Gasteiger partial charge in [0.25, 0.3) is 5.91 Å². The molecule has 2 aromatic rings. The number of nitrogens with zero attached hydrogens (tertiary/aromatic N) is 1. The number of benzene rings is 2. The number of piperidine rings is 1. The largest absolute Gasteiger partial charge is 0.496 e. The molecule has 2 aliphatic heterocycles. The molecule has 2 aliphatic rings. The Morgan fingerprint density at radius 2 is 2.10 bits per heavy atom. The quantitative estimate of drug-likeness (QED) is 0.793. The molecule has 1 amide bonds. The number of likely N-dealkylation sites (tertiary alicyclic amines) is 1. The number of likely N-dealkylation sites (N-methyl/N-ethyl adjacent to an activating group) is 1. The summed E-state index contributed by atoms with van der Waals surface area (Å²) in [6.07, 6.45) is 4.43. The van der Waals surface area contributed by atoms with Gasteiger partial charge < -0.3 is 19.7 Å². The Hall–Kier alpha value is -2.37. The van der Waals surface area contributed by atoms with E-state index >= 15 is 0 Å². The predicted octanol–water partition coefficient (Wildman–Crippen LogP) is 3.66. The van der Waals surface area contributed by atoms with Crippen molar-refractivity contribution in [2.75, 3.05) is 33.9 Å². The number of carbonyl (C=O) groups excluding carboxylic acids is 1. The van der Waals surface area contributed by atoms with Gasteiger partial charge in [-0.25, -0.2) is 0 Å². The van der Waals surface area contributed by atoms with Gasteiger partial charge in [0.15, 0.2) is 5.60 Å². The van der Waals surface area contributed by atoms with Gasteiger partial charge in [0.05, 0.1) is 7.11 Å². The Kier molecular flexibility index (Phi) is 6.40. The van der Waals surface area contributed by atoms with Crippen LogP contribution < -0.4 is 10.1 Å². The van der Waals surface area contributed by atoms with E-state index in [-0.39, 0.29) is 11.9 Å². The molecule has 2 heterocycles. The third-order valence-electron chi connectivity index (χ3n) is 6.31. The van der Waals surface area contributed by atoms with Crippen LogP contribution >= 0.6 is 0 Å². The first-order chi connectivity index (χ1) is 14.6. The van der Waals surface area contributed by atoms with Crippen LogP contribution in [0, 0.1) is 0 Å². The summed E-state index contributed by atoms with van der Waals surface area (Å²) < 4.78 is 11.6. The second-order valence-electron chi connectivity index (χ2n) is 8.60. The topological polar surface area (TPSA) is 50.8 Å². The molecule has 5 heteroatoms. The highest BCUT2D eigenvalue weighted by Crippen LogP contribution is 2.34. The zero-order chi connectivity index (χ0) is 21.0. The lowest BCUT2D eigenvalue weighted by Crippen LogP contribution is -2.54. The fraction of sp³-hybridized carbons (Fsp3) is 0.480. The molecule has 160 valence electrons. The molecule has 0 aromatic heterocycles. The van der Waals surface area contributed by atoms with Crippen molar-refractivity contribution in [1.82, 2.24) is 10.2 Å². The summed E-state index contributed by atoms with van der Waals surface area (Å²) in [5.74, 6) is 0.892. The monoisotopic (exact) mass is 408 g/mol. The van der Waals surface area contributed by atoms with E-state index in [0.29, 0.717) is 13.0 Å². The Morgan fingerprint density at radius 3 is 2.87 bits per heavy atom. The summed E-state index contributed by atoms with van der Waals surface area (Å²) in [5.41, 5.74) is 2.48. The van der Waals surface area contributed by atoms with Crippen LogP contribution in [-0.4, -0.2) is 56.3 Å². The highest BCUT2D eigenvalue weighted by atomic mass is 16.5. The lowest BCUT2D eigenvalue weighted by Gasteiger charge is -2.34. The van der Waals surface area contributed by atoms with Gasteiger partial charge >= 0.3 is 0 Å². The van der Waals surface area contributed by atoms with Crippen molar-refractivity contribution in [3.05, 3.63) is 54.1 Å². The standard InChI is InChI=1S/C25H32N2O3/c1-27-14-6-10-21(18-27)26-24(28)25(13-7-15-30-25)17-19-8-5-9-20(16-19)22-11-3-4-12-23(22)29-2/h3-5,8-9,11-12,16,21H,6-7,10,13-15,17-18H2,1-2H3,(H,26,28)/t21-,25-/m1/s1. The second-order valence-corrected chi connectivity index (χ2v) is 8.60. The fourth-order valence-electron chi connectivity index (χ4n) is 4.76. The van der Waals surface area contributed by atoms with Crippen molar-refractivity contribution >= 4 is 5.91 Å². The minimum absolute atomic E-state index is 0.0444. The Bertz CT molecular complexity index is 876. The van der Waals surface area contributed by atoms with E-state index in [1.165, 1.54) is 0 Å².